The van der Waals surface area contributed by atoms with Gasteiger partial charge in [-0.3, -0.25) is 14.5 Å². The van der Waals surface area contributed by atoms with E-state index in [0.717, 1.165) is 58.4 Å². The molecule has 7 heteroatoms. The van der Waals surface area contributed by atoms with Crippen molar-refractivity contribution >= 4 is 11.8 Å². The Bertz CT molecular complexity index is 1020. The molecule has 7 nitrogen and oxygen atoms in total. The lowest BCUT2D eigenvalue weighted by Gasteiger charge is -2.38. The summed E-state index contributed by atoms with van der Waals surface area (Å²) in [5, 5.41) is 0. The van der Waals surface area contributed by atoms with Gasteiger partial charge in [0.25, 0.3) is 11.8 Å². The summed E-state index contributed by atoms with van der Waals surface area (Å²) in [6.45, 7) is 4.47. The molecule has 0 aliphatic carbocycles. The topological polar surface area (TPSA) is 62.3 Å². The summed E-state index contributed by atoms with van der Waals surface area (Å²) in [5.41, 5.74) is 2.50. The highest BCUT2D eigenvalue weighted by molar-refractivity contribution is 5.97. The monoisotopic (exact) mass is 493 g/mol. The molecule has 0 unspecified atom stereocenters. The van der Waals surface area contributed by atoms with Gasteiger partial charge in [0.15, 0.2) is 0 Å². The van der Waals surface area contributed by atoms with E-state index in [4.69, 9.17) is 9.47 Å². The third kappa shape index (κ3) is 6.45. The maximum Gasteiger partial charge on any atom is 0.257 e. The fourth-order valence-electron chi connectivity index (χ4n) is 5.29. The van der Waals surface area contributed by atoms with Crippen LogP contribution in [0.5, 0.6) is 5.75 Å². The van der Waals surface area contributed by atoms with Crippen LogP contribution in [0.15, 0.2) is 48.5 Å². The molecule has 2 bridgehead atoms. The van der Waals surface area contributed by atoms with E-state index >= 15 is 0 Å². The zero-order valence-electron chi connectivity index (χ0n) is 21.8. The Hall–Kier alpha value is -2.90. The fraction of sp³-hybridized carbons (Fsp3) is 0.517. The Kier molecular flexibility index (Phi) is 8.99. The Balaban J connectivity index is 1.49. The predicted octanol–water partition coefficient (Wildman–Crippen LogP) is 3.93. The number of fused-ring (bicyclic) bond motifs is 3. The van der Waals surface area contributed by atoms with Crippen LogP contribution >= 0.6 is 0 Å². The number of ether oxygens (including phenoxy) is 2. The molecule has 0 radical (unpaired) electrons. The molecule has 0 saturated carbocycles. The summed E-state index contributed by atoms with van der Waals surface area (Å²) < 4.78 is 12.0. The first-order valence-corrected chi connectivity index (χ1v) is 13.0. The average molecular weight is 494 g/mol. The molecule has 2 atom stereocenters. The van der Waals surface area contributed by atoms with Crippen molar-refractivity contribution in [1.29, 1.82) is 0 Å². The van der Waals surface area contributed by atoms with Crippen molar-refractivity contribution in [3.8, 4) is 5.75 Å². The molecule has 36 heavy (non-hydrogen) atoms. The van der Waals surface area contributed by atoms with Crippen molar-refractivity contribution in [2.75, 3.05) is 54.0 Å². The third-order valence-electron chi connectivity index (χ3n) is 7.35. The molecular formula is C29H39N3O4. The Labute approximate surface area is 215 Å². The van der Waals surface area contributed by atoms with Gasteiger partial charge >= 0.3 is 0 Å². The van der Waals surface area contributed by atoms with E-state index in [1.807, 2.05) is 53.4 Å². The van der Waals surface area contributed by atoms with Gasteiger partial charge in [0.05, 0.1) is 11.7 Å². The number of para-hydroxylation sites is 1. The first-order chi connectivity index (χ1) is 17.5. The first kappa shape index (κ1) is 26.2. The van der Waals surface area contributed by atoms with Crippen molar-refractivity contribution in [3.63, 3.8) is 0 Å². The lowest BCUT2D eigenvalue weighted by atomic mass is 9.89. The zero-order chi connectivity index (χ0) is 25.5. The van der Waals surface area contributed by atoms with Gasteiger partial charge in [-0.1, -0.05) is 30.7 Å². The molecule has 4 rings (SSSR count). The van der Waals surface area contributed by atoms with Gasteiger partial charge in [-0.25, -0.2) is 0 Å². The maximum atomic E-state index is 13.4. The molecule has 1 saturated heterocycles. The summed E-state index contributed by atoms with van der Waals surface area (Å²) in [7, 11) is 5.32. The number of piperidine rings is 1. The standard InChI is InChI=1S/C29H39N3O4/c1-30(2)28(33)23-13-11-22(12-14-23)20-31-16-7-6-8-24-21-32(17-15-26(24)35-3)29(34)25-9-4-5-10-27(25)36-19-18-31/h4-5,9-14,24,26H,6-8,15-21H2,1-3H3/t24-,26+/m1/s1. The van der Waals surface area contributed by atoms with Gasteiger partial charge in [0.1, 0.15) is 12.4 Å². The number of rotatable bonds is 4. The molecule has 2 aliphatic heterocycles. The van der Waals surface area contributed by atoms with Crippen LogP contribution in [0.25, 0.3) is 0 Å². The van der Waals surface area contributed by atoms with E-state index in [1.54, 1.807) is 26.1 Å². The van der Waals surface area contributed by atoms with Gasteiger partial charge in [-0.2, -0.15) is 0 Å². The Morgan fingerprint density at radius 2 is 1.81 bits per heavy atom. The average Bonchev–Trinajstić information content (AvgIpc) is 2.90. The molecule has 2 aromatic rings. The quantitative estimate of drug-likeness (QED) is 0.646. The number of amides is 2. The molecule has 2 amide bonds. The van der Waals surface area contributed by atoms with Crippen molar-refractivity contribution in [2.45, 2.75) is 38.3 Å². The van der Waals surface area contributed by atoms with Crippen LogP contribution in [-0.2, 0) is 11.3 Å². The number of hydrogen-bond donors (Lipinski definition) is 0. The fourth-order valence-corrected chi connectivity index (χ4v) is 5.29. The minimum Gasteiger partial charge on any atom is -0.491 e. The normalized spacial score (nSPS) is 21.8. The van der Waals surface area contributed by atoms with E-state index in [2.05, 4.69) is 4.90 Å². The minimum atomic E-state index is 0.0112. The first-order valence-electron chi connectivity index (χ1n) is 13.0. The van der Waals surface area contributed by atoms with Gasteiger partial charge in [-0.15, -0.1) is 0 Å². The Morgan fingerprint density at radius 1 is 1.03 bits per heavy atom. The minimum absolute atomic E-state index is 0.0112. The summed E-state index contributed by atoms with van der Waals surface area (Å²) >= 11 is 0. The second-order valence-electron chi connectivity index (χ2n) is 10.1. The van der Waals surface area contributed by atoms with Crippen molar-refractivity contribution in [3.05, 3.63) is 65.2 Å². The van der Waals surface area contributed by atoms with E-state index in [0.29, 0.717) is 29.4 Å². The molecule has 2 aromatic carbocycles. The highest BCUT2D eigenvalue weighted by Crippen LogP contribution is 2.28. The van der Waals surface area contributed by atoms with Gasteiger partial charge in [-0.05, 0) is 55.6 Å². The molecular weight excluding hydrogens is 454 g/mol. The zero-order valence-corrected chi connectivity index (χ0v) is 21.8. The Morgan fingerprint density at radius 3 is 2.56 bits per heavy atom. The molecule has 0 spiro atoms. The number of hydrogen-bond acceptors (Lipinski definition) is 5. The second kappa shape index (κ2) is 12.4. The molecule has 0 aromatic heterocycles. The summed E-state index contributed by atoms with van der Waals surface area (Å²) in [6, 6.07) is 15.5. The summed E-state index contributed by atoms with van der Waals surface area (Å²) in [6.07, 6.45) is 4.29. The predicted molar refractivity (Wildman–Crippen MR) is 140 cm³/mol. The molecule has 1 fully saturated rings. The third-order valence-corrected chi connectivity index (χ3v) is 7.35. The smallest absolute Gasteiger partial charge is 0.257 e. The number of carbonyl (C=O) groups is 2. The maximum absolute atomic E-state index is 13.4. The largest absolute Gasteiger partial charge is 0.491 e. The highest BCUT2D eigenvalue weighted by atomic mass is 16.5. The number of carbonyl (C=O) groups excluding carboxylic acids is 2. The number of nitrogens with zero attached hydrogens (tertiary/aromatic N) is 3. The van der Waals surface area contributed by atoms with Crippen LogP contribution in [0, 0.1) is 5.92 Å². The summed E-state index contributed by atoms with van der Waals surface area (Å²) in [4.78, 5) is 31.6. The lowest BCUT2D eigenvalue weighted by molar-refractivity contribution is -0.00702. The van der Waals surface area contributed by atoms with Crippen LogP contribution < -0.4 is 4.74 Å². The molecule has 0 N–H and O–H groups in total. The van der Waals surface area contributed by atoms with Crippen LogP contribution in [-0.4, -0.2) is 86.6 Å². The second-order valence-corrected chi connectivity index (χ2v) is 10.1. The highest BCUT2D eigenvalue weighted by Gasteiger charge is 2.32. The van der Waals surface area contributed by atoms with Gasteiger partial charge in [0, 0.05) is 58.9 Å². The van der Waals surface area contributed by atoms with Crippen molar-refractivity contribution in [2.24, 2.45) is 5.92 Å². The summed E-state index contributed by atoms with van der Waals surface area (Å²) in [5.74, 6) is 1.05. The molecule has 194 valence electrons. The van der Waals surface area contributed by atoms with Gasteiger partial charge < -0.3 is 19.3 Å². The van der Waals surface area contributed by atoms with Crippen LogP contribution in [0.3, 0.4) is 0 Å². The van der Waals surface area contributed by atoms with Crippen molar-refractivity contribution in [1.82, 2.24) is 14.7 Å². The lowest BCUT2D eigenvalue weighted by Crippen LogP contribution is -2.46. The number of methoxy groups -OCH3 is 1. The van der Waals surface area contributed by atoms with E-state index in [-0.39, 0.29) is 17.9 Å². The van der Waals surface area contributed by atoms with Crippen LogP contribution in [0.2, 0.25) is 0 Å². The van der Waals surface area contributed by atoms with E-state index < -0.39 is 0 Å². The van der Waals surface area contributed by atoms with Crippen molar-refractivity contribution < 1.29 is 19.1 Å². The van der Waals surface area contributed by atoms with Gasteiger partial charge in [0.2, 0.25) is 0 Å². The number of benzene rings is 2. The van der Waals surface area contributed by atoms with Crippen LogP contribution in [0.1, 0.15) is 52.0 Å². The van der Waals surface area contributed by atoms with E-state index in [9.17, 15) is 9.59 Å². The van der Waals surface area contributed by atoms with E-state index in [1.165, 1.54) is 5.56 Å². The SMILES string of the molecule is CO[C@H]1CCN2C[C@H]1CCCCN(Cc1ccc(C(=O)N(C)C)cc1)CCOc1ccccc1C2=O. The molecule has 2 aliphatic rings. The molecule has 2 heterocycles. The van der Waals surface area contributed by atoms with Crippen LogP contribution in [0.4, 0.5) is 0 Å².